The molecule has 94 valence electrons. The quantitative estimate of drug-likeness (QED) is 0.905. The van der Waals surface area contributed by atoms with Gasteiger partial charge in [0.15, 0.2) is 0 Å². The minimum Gasteiger partial charge on any atom is -0.312 e. The maximum Gasteiger partial charge on any atom is 0.0931 e. The third-order valence-corrected chi connectivity index (χ3v) is 5.30. The summed E-state index contributed by atoms with van der Waals surface area (Å²) in [7, 11) is 0. The molecule has 2 aliphatic heterocycles. The first-order valence-electron chi connectivity index (χ1n) is 6.54. The average Bonchev–Trinajstić information content (AvgIpc) is 2.97. The van der Waals surface area contributed by atoms with E-state index in [0.717, 1.165) is 29.4 Å². The zero-order valence-electron chi connectivity index (χ0n) is 9.99. The zero-order valence-corrected chi connectivity index (χ0v) is 11.6. The molecule has 1 N–H and O–H groups in total. The van der Waals surface area contributed by atoms with Gasteiger partial charge >= 0.3 is 0 Å². The van der Waals surface area contributed by atoms with Gasteiger partial charge in [0.1, 0.15) is 0 Å². The van der Waals surface area contributed by atoms with E-state index in [1.165, 1.54) is 37.2 Å². The minimum atomic E-state index is 0.730. The topological polar surface area (TPSA) is 15.3 Å². The molecule has 1 aromatic heterocycles. The number of thiophene rings is 1. The highest BCUT2D eigenvalue weighted by molar-refractivity contribution is 7.16. The first kappa shape index (κ1) is 12.0. The van der Waals surface area contributed by atoms with Gasteiger partial charge in [-0.05, 0) is 44.4 Å². The van der Waals surface area contributed by atoms with Gasteiger partial charge in [-0.1, -0.05) is 11.6 Å². The number of halogens is 1. The Morgan fingerprint density at radius 1 is 1.35 bits per heavy atom. The first-order chi connectivity index (χ1) is 8.33. The van der Waals surface area contributed by atoms with Crippen molar-refractivity contribution in [2.75, 3.05) is 19.6 Å². The molecule has 0 aliphatic carbocycles. The lowest BCUT2D eigenvalue weighted by Gasteiger charge is -2.21. The van der Waals surface area contributed by atoms with Crippen LogP contribution in [0.4, 0.5) is 0 Å². The number of fused-ring (bicyclic) bond motifs is 1. The molecule has 2 saturated heterocycles. The maximum atomic E-state index is 5.93. The molecule has 0 bridgehead atoms. The van der Waals surface area contributed by atoms with E-state index in [2.05, 4.69) is 16.3 Å². The molecule has 2 fully saturated rings. The Labute approximate surface area is 112 Å². The normalized spacial score (nSPS) is 28.8. The van der Waals surface area contributed by atoms with Gasteiger partial charge in [0.05, 0.1) is 4.34 Å². The molecule has 4 heteroatoms. The summed E-state index contributed by atoms with van der Waals surface area (Å²) in [5, 5.41) is 3.73. The molecule has 2 unspecified atom stereocenters. The molecule has 17 heavy (non-hydrogen) atoms. The van der Waals surface area contributed by atoms with Crippen LogP contribution in [0.15, 0.2) is 12.1 Å². The van der Waals surface area contributed by atoms with Crippen LogP contribution in [0.2, 0.25) is 4.34 Å². The summed E-state index contributed by atoms with van der Waals surface area (Å²) in [6.07, 6.45) is 5.22. The lowest BCUT2D eigenvalue weighted by atomic mass is 10.1. The molecule has 0 saturated carbocycles. The second-order valence-electron chi connectivity index (χ2n) is 5.05. The van der Waals surface area contributed by atoms with Crippen LogP contribution in [0.5, 0.6) is 0 Å². The summed E-state index contributed by atoms with van der Waals surface area (Å²) in [5.74, 6) is 0. The van der Waals surface area contributed by atoms with Crippen LogP contribution in [0.3, 0.4) is 0 Å². The third-order valence-electron chi connectivity index (χ3n) is 4.01. The summed E-state index contributed by atoms with van der Waals surface area (Å²) >= 11 is 7.64. The number of nitrogens with zero attached hydrogens (tertiary/aromatic N) is 1. The van der Waals surface area contributed by atoms with Gasteiger partial charge < -0.3 is 5.32 Å². The van der Waals surface area contributed by atoms with Gasteiger partial charge in [-0.25, -0.2) is 0 Å². The van der Waals surface area contributed by atoms with Crippen molar-refractivity contribution in [3.8, 4) is 0 Å². The summed E-state index contributed by atoms with van der Waals surface area (Å²) < 4.78 is 0.905. The van der Waals surface area contributed by atoms with Crippen molar-refractivity contribution in [1.29, 1.82) is 0 Å². The molecule has 0 aromatic carbocycles. The smallest absolute Gasteiger partial charge is 0.0931 e. The summed E-state index contributed by atoms with van der Waals surface area (Å²) in [6.45, 7) is 3.71. The second kappa shape index (κ2) is 5.27. The Hall–Kier alpha value is -0.0900. The maximum absolute atomic E-state index is 5.93. The van der Waals surface area contributed by atoms with Crippen molar-refractivity contribution in [1.82, 2.24) is 10.2 Å². The standard InChI is InChI=1S/C13H19ClN2S/c14-13-4-3-10(17-13)5-7-15-11-6-9-16-8-1-2-12(11)16/h3-4,11-12,15H,1-2,5-9H2. The number of hydrogen-bond donors (Lipinski definition) is 1. The summed E-state index contributed by atoms with van der Waals surface area (Å²) in [6, 6.07) is 5.69. The fraction of sp³-hybridized carbons (Fsp3) is 0.692. The first-order valence-corrected chi connectivity index (χ1v) is 7.74. The summed E-state index contributed by atoms with van der Waals surface area (Å²) in [5.41, 5.74) is 0. The number of nitrogens with one attached hydrogen (secondary N) is 1. The lowest BCUT2D eigenvalue weighted by molar-refractivity contribution is 0.299. The lowest BCUT2D eigenvalue weighted by Crippen LogP contribution is -2.39. The van der Waals surface area contributed by atoms with Gasteiger partial charge in [-0.15, -0.1) is 11.3 Å². The van der Waals surface area contributed by atoms with Crippen molar-refractivity contribution < 1.29 is 0 Å². The molecule has 2 atom stereocenters. The van der Waals surface area contributed by atoms with Crippen molar-refractivity contribution in [3.05, 3.63) is 21.3 Å². The molecular formula is C13H19ClN2S. The van der Waals surface area contributed by atoms with Crippen LogP contribution in [0, 0.1) is 0 Å². The van der Waals surface area contributed by atoms with Crippen LogP contribution < -0.4 is 5.32 Å². The van der Waals surface area contributed by atoms with Crippen molar-refractivity contribution in [2.45, 2.75) is 37.8 Å². The van der Waals surface area contributed by atoms with Crippen molar-refractivity contribution in [2.24, 2.45) is 0 Å². The van der Waals surface area contributed by atoms with E-state index in [1.54, 1.807) is 11.3 Å². The number of rotatable bonds is 4. The Morgan fingerprint density at radius 2 is 2.29 bits per heavy atom. The highest BCUT2D eigenvalue weighted by Gasteiger charge is 2.36. The van der Waals surface area contributed by atoms with Gasteiger partial charge in [0.2, 0.25) is 0 Å². The Kier molecular flexibility index (Phi) is 3.71. The Balaban J connectivity index is 1.45. The van der Waals surface area contributed by atoms with E-state index in [9.17, 15) is 0 Å². The zero-order chi connectivity index (χ0) is 11.7. The third kappa shape index (κ3) is 2.68. The highest BCUT2D eigenvalue weighted by Crippen LogP contribution is 2.28. The van der Waals surface area contributed by atoms with Crippen LogP contribution >= 0.6 is 22.9 Å². The fourth-order valence-electron chi connectivity index (χ4n) is 3.19. The molecule has 1 aromatic rings. The van der Waals surface area contributed by atoms with Gasteiger partial charge in [-0.2, -0.15) is 0 Å². The molecule has 0 amide bonds. The SMILES string of the molecule is Clc1ccc(CCNC2CCN3CCCC23)s1. The number of hydrogen-bond acceptors (Lipinski definition) is 3. The van der Waals surface area contributed by atoms with E-state index >= 15 is 0 Å². The molecule has 0 radical (unpaired) electrons. The predicted molar refractivity (Wildman–Crippen MR) is 74.0 cm³/mol. The van der Waals surface area contributed by atoms with Gasteiger partial charge in [-0.3, -0.25) is 4.90 Å². The van der Waals surface area contributed by atoms with Crippen LogP contribution in [0.1, 0.15) is 24.1 Å². The molecule has 3 heterocycles. The van der Waals surface area contributed by atoms with Crippen LogP contribution in [0.25, 0.3) is 0 Å². The van der Waals surface area contributed by atoms with E-state index in [-0.39, 0.29) is 0 Å². The van der Waals surface area contributed by atoms with Crippen molar-refractivity contribution >= 4 is 22.9 Å². The van der Waals surface area contributed by atoms with E-state index in [4.69, 9.17) is 11.6 Å². The Morgan fingerprint density at radius 3 is 3.12 bits per heavy atom. The molecule has 2 aliphatic rings. The van der Waals surface area contributed by atoms with Crippen molar-refractivity contribution in [3.63, 3.8) is 0 Å². The van der Waals surface area contributed by atoms with E-state index in [0.29, 0.717) is 0 Å². The van der Waals surface area contributed by atoms with Crippen LogP contribution in [-0.4, -0.2) is 36.6 Å². The average molecular weight is 271 g/mol. The largest absolute Gasteiger partial charge is 0.312 e. The highest BCUT2D eigenvalue weighted by atomic mass is 35.5. The molecule has 2 nitrogen and oxygen atoms in total. The van der Waals surface area contributed by atoms with E-state index < -0.39 is 0 Å². The second-order valence-corrected chi connectivity index (χ2v) is 6.85. The minimum absolute atomic E-state index is 0.730. The van der Waals surface area contributed by atoms with E-state index in [1.807, 2.05) is 6.07 Å². The summed E-state index contributed by atoms with van der Waals surface area (Å²) in [4.78, 5) is 4.04. The monoisotopic (exact) mass is 270 g/mol. The predicted octanol–water partition coefficient (Wildman–Crippen LogP) is 2.77. The molecular weight excluding hydrogens is 252 g/mol. The molecule has 3 rings (SSSR count). The Bertz CT molecular complexity index is 379. The van der Waals surface area contributed by atoms with Gasteiger partial charge in [0, 0.05) is 30.1 Å². The van der Waals surface area contributed by atoms with Gasteiger partial charge in [0.25, 0.3) is 0 Å². The fourth-order valence-corrected chi connectivity index (χ4v) is 4.27. The molecule has 0 spiro atoms. The van der Waals surface area contributed by atoms with Crippen LogP contribution in [-0.2, 0) is 6.42 Å².